The van der Waals surface area contributed by atoms with E-state index in [2.05, 4.69) is 24.1 Å². The largest absolute Gasteiger partial charge is 0.357 e. The quantitative estimate of drug-likeness (QED) is 0.485. The fourth-order valence-electron chi connectivity index (χ4n) is 2.06. The highest BCUT2D eigenvalue weighted by Gasteiger charge is 2.34. The van der Waals surface area contributed by atoms with E-state index in [1.54, 1.807) is 0 Å². The van der Waals surface area contributed by atoms with Crippen LogP contribution in [-0.4, -0.2) is 38.0 Å². The van der Waals surface area contributed by atoms with Crippen molar-refractivity contribution in [2.75, 3.05) is 27.2 Å². The minimum atomic E-state index is 0. The Bertz CT molecular complexity index is 217. The van der Waals surface area contributed by atoms with E-state index in [9.17, 15) is 0 Å². The summed E-state index contributed by atoms with van der Waals surface area (Å²) in [5, 5.41) is 3.30. The van der Waals surface area contributed by atoms with Crippen LogP contribution >= 0.6 is 24.0 Å². The average Bonchev–Trinajstić information content (AvgIpc) is 2.14. The zero-order chi connectivity index (χ0) is 11.3. The van der Waals surface area contributed by atoms with E-state index in [0.29, 0.717) is 5.41 Å². The zero-order valence-electron chi connectivity index (χ0n) is 11.0. The van der Waals surface area contributed by atoms with Crippen LogP contribution in [0.3, 0.4) is 0 Å². The van der Waals surface area contributed by atoms with Gasteiger partial charge in [0.1, 0.15) is 0 Å². The van der Waals surface area contributed by atoms with Crippen molar-refractivity contribution >= 4 is 29.9 Å². The number of aliphatic imine (C=N–C) groups is 1. The van der Waals surface area contributed by atoms with E-state index < -0.39 is 0 Å². The Labute approximate surface area is 117 Å². The lowest BCUT2D eigenvalue weighted by atomic mass is 9.67. The summed E-state index contributed by atoms with van der Waals surface area (Å²) in [5.74, 6) is 1.03. The molecular weight excluding hydrogens is 313 g/mol. The van der Waals surface area contributed by atoms with E-state index in [-0.39, 0.29) is 24.0 Å². The molecule has 0 heterocycles. The molecule has 1 saturated carbocycles. The molecule has 4 heteroatoms. The van der Waals surface area contributed by atoms with Gasteiger partial charge in [-0.15, -0.1) is 24.0 Å². The van der Waals surface area contributed by atoms with Crippen molar-refractivity contribution in [1.29, 1.82) is 0 Å². The van der Waals surface area contributed by atoms with Gasteiger partial charge in [-0.25, -0.2) is 0 Å². The monoisotopic (exact) mass is 339 g/mol. The first-order chi connectivity index (χ1) is 7.13. The highest BCUT2D eigenvalue weighted by molar-refractivity contribution is 14.0. The molecule has 0 aromatic heterocycles. The summed E-state index contributed by atoms with van der Waals surface area (Å²) < 4.78 is 0. The molecule has 1 fully saturated rings. The standard InChI is InChI=1S/C12H25N3.HI/c1-5-12(8-7-9-12)10-14-11(13-6-2)15(3)4;/h5-10H2,1-4H3,(H,13,14);1H. The molecule has 0 aromatic carbocycles. The summed E-state index contributed by atoms with van der Waals surface area (Å²) in [6.45, 7) is 6.33. The molecule has 0 bridgehead atoms. The highest BCUT2D eigenvalue weighted by Crippen LogP contribution is 2.43. The normalized spacial score (nSPS) is 18.4. The molecule has 1 N–H and O–H groups in total. The minimum Gasteiger partial charge on any atom is -0.357 e. The molecule has 1 aliphatic rings. The van der Waals surface area contributed by atoms with E-state index in [4.69, 9.17) is 4.99 Å². The van der Waals surface area contributed by atoms with Gasteiger partial charge in [-0.2, -0.15) is 0 Å². The van der Waals surface area contributed by atoms with Crippen molar-refractivity contribution in [2.45, 2.75) is 39.5 Å². The van der Waals surface area contributed by atoms with Gasteiger partial charge in [0.05, 0.1) is 0 Å². The van der Waals surface area contributed by atoms with Crippen molar-refractivity contribution in [3.63, 3.8) is 0 Å². The second kappa shape index (κ2) is 7.35. The lowest BCUT2D eigenvalue weighted by molar-refractivity contribution is 0.139. The van der Waals surface area contributed by atoms with Crippen LogP contribution < -0.4 is 5.32 Å². The first kappa shape index (κ1) is 16.0. The van der Waals surface area contributed by atoms with Crippen LogP contribution in [0.4, 0.5) is 0 Å². The van der Waals surface area contributed by atoms with Gasteiger partial charge in [0.15, 0.2) is 5.96 Å². The molecule has 16 heavy (non-hydrogen) atoms. The summed E-state index contributed by atoms with van der Waals surface area (Å²) in [4.78, 5) is 6.77. The predicted molar refractivity (Wildman–Crippen MR) is 81.7 cm³/mol. The molecule has 0 atom stereocenters. The topological polar surface area (TPSA) is 27.6 Å². The molecule has 96 valence electrons. The molecular formula is C12H26IN3. The number of rotatable bonds is 4. The second-order valence-electron chi connectivity index (χ2n) is 4.77. The Kier molecular flexibility index (Phi) is 7.35. The van der Waals surface area contributed by atoms with Gasteiger partial charge < -0.3 is 10.2 Å². The van der Waals surface area contributed by atoms with Crippen molar-refractivity contribution < 1.29 is 0 Å². The Hall–Kier alpha value is 0. The number of nitrogens with one attached hydrogen (secondary N) is 1. The number of nitrogens with zero attached hydrogens (tertiary/aromatic N) is 2. The first-order valence-electron chi connectivity index (χ1n) is 6.09. The van der Waals surface area contributed by atoms with E-state index in [1.807, 2.05) is 14.1 Å². The van der Waals surface area contributed by atoms with Gasteiger partial charge in [0.25, 0.3) is 0 Å². The molecule has 0 amide bonds. The third-order valence-corrected chi connectivity index (χ3v) is 3.49. The Morgan fingerprint density at radius 2 is 1.94 bits per heavy atom. The number of halogens is 1. The summed E-state index contributed by atoms with van der Waals surface area (Å²) in [5.41, 5.74) is 0.524. The summed E-state index contributed by atoms with van der Waals surface area (Å²) >= 11 is 0. The SMILES string of the molecule is CCNC(=NCC1(CC)CCC1)N(C)C.I. The highest BCUT2D eigenvalue weighted by atomic mass is 127. The fourth-order valence-corrected chi connectivity index (χ4v) is 2.06. The summed E-state index contributed by atoms with van der Waals surface area (Å²) in [6, 6.07) is 0. The predicted octanol–water partition coefficient (Wildman–Crippen LogP) is 2.71. The maximum atomic E-state index is 4.71. The van der Waals surface area contributed by atoms with Crippen LogP contribution in [0.25, 0.3) is 0 Å². The third-order valence-electron chi connectivity index (χ3n) is 3.49. The first-order valence-corrected chi connectivity index (χ1v) is 6.09. The molecule has 0 spiro atoms. The van der Waals surface area contributed by atoms with Crippen LogP contribution in [-0.2, 0) is 0 Å². The lowest BCUT2D eigenvalue weighted by Crippen LogP contribution is -2.39. The van der Waals surface area contributed by atoms with Gasteiger partial charge >= 0.3 is 0 Å². The van der Waals surface area contributed by atoms with Gasteiger partial charge in [-0.05, 0) is 31.6 Å². The van der Waals surface area contributed by atoms with Crippen LogP contribution in [0.2, 0.25) is 0 Å². The molecule has 3 nitrogen and oxygen atoms in total. The lowest BCUT2D eigenvalue weighted by Gasteiger charge is -2.40. The van der Waals surface area contributed by atoms with Gasteiger partial charge in [0, 0.05) is 27.2 Å². The Balaban J connectivity index is 0.00000225. The molecule has 0 aliphatic heterocycles. The molecule has 0 aromatic rings. The summed E-state index contributed by atoms with van der Waals surface area (Å²) in [6.07, 6.45) is 5.38. The van der Waals surface area contributed by atoms with Crippen LogP contribution in [0.1, 0.15) is 39.5 Å². The molecule has 1 rings (SSSR count). The average molecular weight is 339 g/mol. The molecule has 0 radical (unpaired) electrons. The van der Waals surface area contributed by atoms with Crippen molar-refractivity contribution in [2.24, 2.45) is 10.4 Å². The van der Waals surface area contributed by atoms with E-state index in [1.165, 1.54) is 25.7 Å². The van der Waals surface area contributed by atoms with Crippen LogP contribution in [0.5, 0.6) is 0 Å². The fraction of sp³-hybridized carbons (Fsp3) is 0.917. The van der Waals surface area contributed by atoms with Crippen molar-refractivity contribution in [3.05, 3.63) is 0 Å². The Morgan fingerprint density at radius 3 is 2.25 bits per heavy atom. The number of guanidine groups is 1. The molecule has 1 aliphatic carbocycles. The number of hydrogen-bond acceptors (Lipinski definition) is 1. The molecule has 0 saturated heterocycles. The maximum Gasteiger partial charge on any atom is 0.193 e. The van der Waals surface area contributed by atoms with E-state index >= 15 is 0 Å². The van der Waals surface area contributed by atoms with Crippen LogP contribution in [0, 0.1) is 5.41 Å². The van der Waals surface area contributed by atoms with Crippen LogP contribution in [0.15, 0.2) is 4.99 Å². The van der Waals surface area contributed by atoms with E-state index in [0.717, 1.165) is 19.0 Å². The molecule has 0 unspecified atom stereocenters. The Morgan fingerprint density at radius 1 is 1.31 bits per heavy atom. The minimum absolute atomic E-state index is 0. The van der Waals surface area contributed by atoms with Gasteiger partial charge in [-0.3, -0.25) is 4.99 Å². The smallest absolute Gasteiger partial charge is 0.193 e. The zero-order valence-corrected chi connectivity index (χ0v) is 13.4. The van der Waals surface area contributed by atoms with Crippen molar-refractivity contribution in [1.82, 2.24) is 10.2 Å². The van der Waals surface area contributed by atoms with Crippen molar-refractivity contribution in [3.8, 4) is 0 Å². The third kappa shape index (κ3) is 4.11. The number of hydrogen-bond donors (Lipinski definition) is 1. The summed E-state index contributed by atoms with van der Waals surface area (Å²) in [7, 11) is 4.09. The van der Waals surface area contributed by atoms with Gasteiger partial charge in [-0.1, -0.05) is 13.3 Å². The maximum absolute atomic E-state index is 4.71. The van der Waals surface area contributed by atoms with Gasteiger partial charge in [0.2, 0.25) is 0 Å². The second-order valence-corrected chi connectivity index (χ2v) is 4.77.